The lowest BCUT2D eigenvalue weighted by atomic mass is 10.2. The van der Waals surface area contributed by atoms with Crippen molar-refractivity contribution in [3.05, 3.63) is 17.5 Å². The highest BCUT2D eigenvalue weighted by Crippen LogP contribution is 2.40. The molecule has 1 aromatic heterocycles. The third kappa shape index (κ3) is 4.29. The number of hydrogen-bond donors (Lipinski definition) is 0. The molecule has 21 heavy (non-hydrogen) atoms. The fourth-order valence-corrected chi connectivity index (χ4v) is 1.93. The predicted molar refractivity (Wildman–Crippen MR) is 72.9 cm³/mol. The van der Waals surface area contributed by atoms with Gasteiger partial charge in [0.05, 0.1) is 13.2 Å². The van der Waals surface area contributed by atoms with E-state index in [-0.39, 0.29) is 24.8 Å². The molecule has 0 N–H and O–H groups in total. The Morgan fingerprint density at radius 3 is 2.86 bits per heavy atom. The maximum Gasteiger partial charge on any atom is 0.325 e. The van der Waals surface area contributed by atoms with E-state index in [9.17, 15) is 9.59 Å². The highest BCUT2D eigenvalue weighted by molar-refractivity contribution is 5.94. The van der Waals surface area contributed by atoms with E-state index < -0.39 is 5.97 Å². The Morgan fingerprint density at radius 2 is 2.24 bits per heavy atom. The van der Waals surface area contributed by atoms with E-state index in [1.807, 2.05) is 0 Å². The van der Waals surface area contributed by atoms with Crippen LogP contribution in [-0.4, -0.2) is 55.3 Å². The van der Waals surface area contributed by atoms with Crippen molar-refractivity contribution in [1.82, 2.24) is 10.1 Å². The summed E-state index contributed by atoms with van der Waals surface area (Å²) < 4.78 is 15.0. The van der Waals surface area contributed by atoms with Gasteiger partial charge in [-0.15, -0.1) is 0 Å². The maximum absolute atomic E-state index is 12.4. The van der Waals surface area contributed by atoms with Crippen LogP contribution in [0.2, 0.25) is 0 Å². The molecule has 1 heterocycles. The first-order valence-electron chi connectivity index (χ1n) is 7.06. The molecule has 1 amide bonds. The van der Waals surface area contributed by atoms with Crippen LogP contribution in [0.3, 0.4) is 0 Å². The summed E-state index contributed by atoms with van der Waals surface area (Å²) in [7, 11) is 1.54. The molecule has 0 bridgehead atoms. The molecule has 0 atom stereocenters. The lowest BCUT2D eigenvalue weighted by Crippen LogP contribution is -2.38. The van der Waals surface area contributed by atoms with Gasteiger partial charge in [0.1, 0.15) is 12.3 Å². The monoisotopic (exact) mass is 296 g/mol. The summed E-state index contributed by atoms with van der Waals surface area (Å²) >= 11 is 0. The van der Waals surface area contributed by atoms with Crippen molar-refractivity contribution in [2.45, 2.75) is 25.7 Å². The van der Waals surface area contributed by atoms with Crippen LogP contribution in [0, 0.1) is 0 Å². The van der Waals surface area contributed by atoms with Gasteiger partial charge in [-0.05, 0) is 19.8 Å². The number of aromatic nitrogens is 1. The average Bonchev–Trinajstić information content (AvgIpc) is 3.20. The second-order valence-corrected chi connectivity index (χ2v) is 4.91. The molecule has 0 aromatic carbocycles. The number of esters is 1. The SMILES string of the molecule is CCOC(=O)CN(CCOC)C(=O)c1cc(C2CC2)on1. The first-order valence-corrected chi connectivity index (χ1v) is 7.06. The second-order valence-electron chi connectivity index (χ2n) is 4.91. The lowest BCUT2D eigenvalue weighted by molar-refractivity contribution is -0.143. The van der Waals surface area contributed by atoms with Gasteiger partial charge in [0, 0.05) is 25.6 Å². The van der Waals surface area contributed by atoms with Crippen molar-refractivity contribution in [2.24, 2.45) is 0 Å². The van der Waals surface area contributed by atoms with Crippen molar-refractivity contribution < 1.29 is 23.6 Å². The maximum atomic E-state index is 12.4. The van der Waals surface area contributed by atoms with E-state index >= 15 is 0 Å². The Hall–Kier alpha value is -1.89. The Morgan fingerprint density at radius 1 is 1.48 bits per heavy atom. The molecule has 0 aliphatic heterocycles. The van der Waals surface area contributed by atoms with Crippen molar-refractivity contribution in [2.75, 3.05) is 33.4 Å². The van der Waals surface area contributed by atoms with Gasteiger partial charge in [-0.2, -0.15) is 0 Å². The van der Waals surface area contributed by atoms with Crippen molar-refractivity contribution in [1.29, 1.82) is 0 Å². The van der Waals surface area contributed by atoms with Crippen LogP contribution in [0.15, 0.2) is 10.6 Å². The zero-order chi connectivity index (χ0) is 15.2. The lowest BCUT2D eigenvalue weighted by Gasteiger charge is -2.19. The molecule has 0 spiro atoms. The van der Waals surface area contributed by atoms with Crippen LogP contribution in [0.25, 0.3) is 0 Å². The van der Waals surface area contributed by atoms with Crippen LogP contribution in [-0.2, 0) is 14.3 Å². The third-order valence-electron chi connectivity index (χ3n) is 3.21. The highest BCUT2D eigenvalue weighted by Gasteiger charge is 2.30. The molecule has 0 unspecified atom stereocenters. The van der Waals surface area contributed by atoms with E-state index in [2.05, 4.69) is 5.16 Å². The van der Waals surface area contributed by atoms with Crippen LogP contribution >= 0.6 is 0 Å². The Balaban J connectivity index is 2.02. The fourth-order valence-electron chi connectivity index (χ4n) is 1.93. The minimum atomic E-state index is -0.451. The zero-order valence-electron chi connectivity index (χ0n) is 12.3. The van der Waals surface area contributed by atoms with Gasteiger partial charge < -0.3 is 18.9 Å². The first kappa shape index (κ1) is 15.5. The van der Waals surface area contributed by atoms with Crippen molar-refractivity contribution >= 4 is 11.9 Å². The molecule has 116 valence electrons. The number of ether oxygens (including phenoxy) is 2. The summed E-state index contributed by atoms with van der Waals surface area (Å²) in [5.41, 5.74) is 0.220. The summed E-state index contributed by atoms with van der Waals surface area (Å²) in [6.07, 6.45) is 2.14. The van der Waals surface area contributed by atoms with Gasteiger partial charge in [-0.3, -0.25) is 9.59 Å². The predicted octanol–water partition coefficient (Wildman–Crippen LogP) is 1.20. The van der Waals surface area contributed by atoms with Crippen LogP contribution in [0.5, 0.6) is 0 Å². The molecule has 7 heteroatoms. The molecule has 2 rings (SSSR count). The second kappa shape index (κ2) is 7.21. The van der Waals surface area contributed by atoms with E-state index in [0.717, 1.165) is 18.6 Å². The normalized spacial score (nSPS) is 14.0. The minimum Gasteiger partial charge on any atom is -0.465 e. The molecule has 7 nitrogen and oxygen atoms in total. The highest BCUT2D eigenvalue weighted by atomic mass is 16.5. The number of nitrogens with zero attached hydrogens (tertiary/aromatic N) is 2. The fraction of sp³-hybridized carbons (Fsp3) is 0.643. The van der Waals surface area contributed by atoms with Crippen LogP contribution in [0.1, 0.15) is 41.9 Å². The molecule has 1 aliphatic rings. The number of rotatable bonds is 8. The number of hydrogen-bond acceptors (Lipinski definition) is 6. The van der Waals surface area contributed by atoms with Gasteiger partial charge >= 0.3 is 5.97 Å². The molecular weight excluding hydrogens is 276 g/mol. The third-order valence-corrected chi connectivity index (χ3v) is 3.21. The topological polar surface area (TPSA) is 81.9 Å². The van der Waals surface area contributed by atoms with E-state index in [1.165, 1.54) is 12.0 Å². The van der Waals surface area contributed by atoms with Crippen LogP contribution in [0.4, 0.5) is 0 Å². The summed E-state index contributed by atoms with van der Waals surface area (Å²) in [4.78, 5) is 25.3. The van der Waals surface area contributed by atoms with Crippen molar-refractivity contribution in [3.63, 3.8) is 0 Å². The first-order chi connectivity index (χ1) is 10.2. The standard InChI is InChI=1S/C14H20N2O5/c1-3-20-13(17)9-16(6-7-19-2)14(18)11-8-12(21-15-11)10-4-5-10/h8,10H,3-7,9H2,1-2H3. The summed E-state index contributed by atoms with van der Waals surface area (Å²) in [6, 6.07) is 1.66. The molecule has 0 saturated heterocycles. The largest absolute Gasteiger partial charge is 0.465 e. The van der Waals surface area contributed by atoms with E-state index in [4.69, 9.17) is 14.0 Å². The Kier molecular flexibility index (Phi) is 5.32. The summed E-state index contributed by atoms with van der Waals surface area (Å²) in [5, 5.41) is 3.80. The van der Waals surface area contributed by atoms with E-state index in [0.29, 0.717) is 19.1 Å². The van der Waals surface area contributed by atoms with E-state index in [1.54, 1.807) is 13.0 Å². The zero-order valence-corrected chi connectivity index (χ0v) is 12.3. The minimum absolute atomic E-state index is 0.123. The summed E-state index contributed by atoms with van der Waals surface area (Å²) in [5.74, 6) is 0.321. The van der Waals surface area contributed by atoms with Gasteiger partial charge in [0.15, 0.2) is 5.69 Å². The Bertz CT molecular complexity index is 495. The quantitative estimate of drug-likeness (QED) is 0.670. The number of methoxy groups -OCH3 is 1. The van der Waals surface area contributed by atoms with Gasteiger partial charge in [0.2, 0.25) is 0 Å². The van der Waals surface area contributed by atoms with Gasteiger partial charge in [0.25, 0.3) is 5.91 Å². The molecule has 1 fully saturated rings. The molecular formula is C14H20N2O5. The molecule has 1 aromatic rings. The number of amides is 1. The average molecular weight is 296 g/mol. The Labute approximate surface area is 123 Å². The molecule has 1 aliphatic carbocycles. The van der Waals surface area contributed by atoms with Crippen molar-refractivity contribution in [3.8, 4) is 0 Å². The van der Waals surface area contributed by atoms with Crippen LogP contribution < -0.4 is 0 Å². The number of carbonyl (C=O) groups is 2. The molecule has 0 radical (unpaired) electrons. The van der Waals surface area contributed by atoms with Gasteiger partial charge in [-0.25, -0.2) is 0 Å². The molecule has 1 saturated carbocycles. The number of carbonyl (C=O) groups excluding carboxylic acids is 2. The van der Waals surface area contributed by atoms with Gasteiger partial charge in [-0.1, -0.05) is 5.16 Å². The smallest absolute Gasteiger partial charge is 0.325 e. The summed E-state index contributed by atoms with van der Waals surface area (Å²) in [6.45, 7) is 2.50.